The van der Waals surface area contributed by atoms with Gasteiger partial charge < -0.3 is 5.32 Å². The number of anilines is 1. The maximum absolute atomic E-state index is 4.13. The highest BCUT2D eigenvalue weighted by atomic mass is 32.1. The number of aromatic nitrogens is 2. The van der Waals surface area contributed by atoms with E-state index in [0.717, 1.165) is 16.6 Å². The summed E-state index contributed by atoms with van der Waals surface area (Å²) in [5.41, 5.74) is 0.498. The van der Waals surface area contributed by atoms with Crippen LogP contribution in [0.3, 0.4) is 0 Å². The maximum Gasteiger partial charge on any atom is 0.205 e. The molecule has 3 nitrogen and oxygen atoms in total. The van der Waals surface area contributed by atoms with Gasteiger partial charge in [0.1, 0.15) is 5.01 Å². The molecule has 1 aromatic heterocycles. The van der Waals surface area contributed by atoms with Crippen molar-refractivity contribution in [3.05, 3.63) is 5.01 Å². The first-order valence-electron chi connectivity index (χ1n) is 5.23. The van der Waals surface area contributed by atoms with Crippen LogP contribution < -0.4 is 5.32 Å². The third kappa shape index (κ3) is 1.90. The quantitative estimate of drug-likeness (QED) is 0.832. The Morgan fingerprint density at radius 3 is 2.71 bits per heavy atom. The summed E-state index contributed by atoms with van der Waals surface area (Å²) in [4.78, 5) is 0. The summed E-state index contributed by atoms with van der Waals surface area (Å²) in [7, 11) is 0. The normalized spacial score (nSPS) is 20.5. The summed E-state index contributed by atoms with van der Waals surface area (Å²) in [5.74, 6) is 0. The Labute approximate surface area is 88.9 Å². The molecule has 2 rings (SSSR count). The predicted molar refractivity (Wildman–Crippen MR) is 59.7 cm³/mol. The lowest BCUT2D eigenvalue weighted by Gasteiger charge is -2.19. The molecule has 1 N–H and O–H groups in total. The van der Waals surface area contributed by atoms with Gasteiger partial charge in [-0.15, -0.1) is 10.2 Å². The predicted octanol–water partition coefficient (Wildman–Crippen LogP) is 2.70. The Balaban J connectivity index is 1.96. The van der Waals surface area contributed by atoms with Gasteiger partial charge in [0.15, 0.2) is 0 Å². The fourth-order valence-corrected chi connectivity index (χ4v) is 2.21. The molecule has 78 valence electrons. The van der Waals surface area contributed by atoms with Crippen LogP contribution in [-0.2, 0) is 6.42 Å². The highest BCUT2D eigenvalue weighted by Gasteiger charge is 2.42. The monoisotopic (exact) mass is 211 g/mol. The van der Waals surface area contributed by atoms with E-state index >= 15 is 0 Å². The van der Waals surface area contributed by atoms with Gasteiger partial charge in [0.2, 0.25) is 5.13 Å². The molecule has 0 amide bonds. The molecule has 1 aliphatic carbocycles. The Kier molecular flexibility index (Phi) is 2.47. The number of rotatable bonds is 4. The molecule has 1 heterocycles. The lowest BCUT2D eigenvalue weighted by Crippen LogP contribution is -2.24. The first kappa shape index (κ1) is 9.90. The Hall–Kier alpha value is -0.640. The number of hydrogen-bond donors (Lipinski definition) is 1. The highest BCUT2D eigenvalue weighted by molar-refractivity contribution is 7.15. The molecule has 4 heteroatoms. The second-order valence-electron chi connectivity index (χ2n) is 4.37. The molecule has 0 spiro atoms. The smallest absolute Gasteiger partial charge is 0.205 e. The van der Waals surface area contributed by atoms with E-state index < -0.39 is 0 Å². The van der Waals surface area contributed by atoms with Crippen molar-refractivity contribution >= 4 is 16.5 Å². The van der Waals surface area contributed by atoms with Crippen LogP contribution in [0.4, 0.5) is 5.13 Å². The number of nitrogens with zero attached hydrogens (tertiary/aromatic N) is 2. The van der Waals surface area contributed by atoms with Crippen molar-refractivity contribution in [3.63, 3.8) is 0 Å². The molecular weight excluding hydrogens is 194 g/mol. The molecule has 1 atom stereocenters. The number of aryl methyl sites for hydroxylation is 1. The summed E-state index contributed by atoms with van der Waals surface area (Å²) in [6.07, 6.45) is 3.65. The van der Waals surface area contributed by atoms with Crippen molar-refractivity contribution in [2.24, 2.45) is 5.41 Å². The zero-order valence-electron chi connectivity index (χ0n) is 9.00. The van der Waals surface area contributed by atoms with Crippen LogP contribution in [0.5, 0.6) is 0 Å². The van der Waals surface area contributed by atoms with Gasteiger partial charge in [-0.2, -0.15) is 0 Å². The lowest BCUT2D eigenvalue weighted by atomic mass is 10.0. The third-order valence-electron chi connectivity index (χ3n) is 3.19. The van der Waals surface area contributed by atoms with Crippen molar-refractivity contribution in [2.45, 2.75) is 46.1 Å². The topological polar surface area (TPSA) is 37.8 Å². The molecule has 0 radical (unpaired) electrons. The van der Waals surface area contributed by atoms with Gasteiger partial charge in [0, 0.05) is 6.04 Å². The zero-order chi connectivity index (χ0) is 10.2. The van der Waals surface area contributed by atoms with E-state index in [9.17, 15) is 0 Å². The van der Waals surface area contributed by atoms with Gasteiger partial charge in [-0.25, -0.2) is 0 Å². The van der Waals surface area contributed by atoms with Crippen molar-refractivity contribution in [1.82, 2.24) is 10.2 Å². The van der Waals surface area contributed by atoms with Crippen LogP contribution in [0.2, 0.25) is 0 Å². The first-order chi connectivity index (χ1) is 6.64. The van der Waals surface area contributed by atoms with Gasteiger partial charge in [-0.3, -0.25) is 0 Å². The molecule has 0 aliphatic heterocycles. The van der Waals surface area contributed by atoms with Crippen molar-refractivity contribution in [3.8, 4) is 0 Å². The summed E-state index contributed by atoms with van der Waals surface area (Å²) in [6.45, 7) is 6.67. The second kappa shape index (κ2) is 3.50. The number of hydrogen-bond acceptors (Lipinski definition) is 4. The third-order valence-corrected chi connectivity index (χ3v) is 4.19. The van der Waals surface area contributed by atoms with E-state index in [4.69, 9.17) is 0 Å². The van der Waals surface area contributed by atoms with Crippen molar-refractivity contribution in [2.75, 3.05) is 5.32 Å². The van der Waals surface area contributed by atoms with Crippen LogP contribution in [-0.4, -0.2) is 16.2 Å². The second-order valence-corrected chi connectivity index (χ2v) is 5.44. The van der Waals surface area contributed by atoms with Gasteiger partial charge >= 0.3 is 0 Å². The first-order valence-corrected chi connectivity index (χ1v) is 6.04. The van der Waals surface area contributed by atoms with Gasteiger partial charge in [0.05, 0.1) is 0 Å². The average molecular weight is 211 g/mol. The summed E-state index contributed by atoms with van der Waals surface area (Å²) >= 11 is 1.67. The number of nitrogens with one attached hydrogen (secondary N) is 1. The van der Waals surface area contributed by atoms with Crippen LogP contribution in [0.1, 0.15) is 38.6 Å². The molecule has 1 fully saturated rings. The van der Waals surface area contributed by atoms with E-state index in [0.29, 0.717) is 11.5 Å². The highest BCUT2D eigenvalue weighted by Crippen LogP contribution is 2.48. The van der Waals surface area contributed by atoms with Crippen LogP contribution in [0, 0.1) is 5.41 Å². The van der Waals surface area contributed by atoms with Crippen LogP contribution in [0.15, 0.2) is 0 Å². The SMILES string of the molecule is CCc1nnc(NC(C)C2(C)CC2)s1. The lowest BCUT2D eigenvalue weighted by molar-refractivity contribution is 0.493. The van der Waals surface area contributed by atoms with Crippen LogP contribution in [0.25, 0.3) is 0 Å². The Morgan fingerprint density at radius 1 is 1.50 bits per heavy atom. The van der Waals surface area contributed by atoms with Gasteiger partial charge in [-0.05, 0) is 31.6 Å². The summed E-state index contributed by atoms with van der Waals surface area (Å²) in [5, 5.41) is 13.8. The van der Waals surface area contributed by atoms with Crippen LogP contribution >= 0.6 is 11.3 Å². The maximum atomic E-state index is 4.13. The minimum absolute atomic E-state index is 0.498. The summed E-state index contributed by atoms with van der Waals surface area (Å²) < 4.78 is 0. The van der Waals surface area contributed by atoms with E-state index in [1.54, 1.807) is 11.3 Å². The van der Waals surface area contributed by atoms with E-state index in [1.165, 1.54) is 12.8 Å². The minimum Gasteiger partial charge on any atom is -0.357 e. The minimum atomic E-state index is 0.498. The fraction of sp³-hybridized carbons (Fsp3) is 0.800. The fourth-order valence-electron chi connectivity index (χ4n) is 1.44. The molecular formula is C10H17N3S. The zero-order valence-corrected chi connectivity index (χ0v) is 9.82. The summed E-state index contributed by atoms with van der Waals surface area (Å²) in [6, 6.07) is 0.514. The molecule has 1 aromatic rings. The van der Waals surface area contributed by atoms with Crippen molar-refractivity contribution in [1.29, 1.82) is 0 Å². The Morgan fingerprint density at radius 2 is 2.21 bits per heavy atom. The van der Waals surface area contributed by atoms with E-state index in [-0.39, 0.29) is 0 Å². The molecule has 1 unspecified atom stereocenters. The Bertz CT molecular complexity index is 317. The standard InChI is InChI=1S/C10H17N3S/c1-4-8-12-13-9(14-8)11-7(2)10(3)5-6-10/h7H,4-6H2,1-3H3,(H,11,13). The molecule has 0 bridgehead atoms. The van der Waals surface area contributed by atoms with Gasteiger partial charge in [-0.1, -0.05) is 25.2 Å². The molecule has 14 heavy (non-hydrogen) atoms. The largest absolute Gasteiger partial charge is 0.357 e. The molecule has 1 saturated carbocycles. The van der Waals surface area contributed by atoms with Crippen molar-refractivity contribution < 1.29 is 0 Å². The average Bonchev–Trinajstić information content (AvgIpc) is 2.77. The molecule has 0 aromatic carbocycles. The van der Waals surface area contributed by atoms with E-state index in [2.05, 4.69) is 36.3 Å². The molecule has 1 aliphatic rings. The van der Waals surface area contributed by atoms with E-state index in [1.807, 2.05) is 0 Å². The van der Waals surface area contributed by atoms with Gasteiger partial charge in [0.25, 0.3) is 0 Å². The molecule has 0 saturated heterocycles.